The molecule has 2 aromatic carbocycles. The number of rotatable bonds is 6. The first kappa shape index (κ1) is 16.0. The molecular formula is C15H14FNO4S. The van der Waals surface area contributed by atoms with Crippen LogP contribution in [0.1, 0.15) is 17.3 Å². The molecule has 0 saturated heterocycles. The van der Waals surface area contributed by atoms with Gasteiger partial charge in [-0.05, 0) is 49.4 Å². The molecule has 7 heteroatoms. The topological polar surface area (TPSA) is 72.5 Å². The molecule has 0 aliphatic rings. The lowest BCUT2D eigenvalue weighted by molar-refractivity contribution is 0.112. The van der Waals surface area contributed by atoms with Gasteiger partial charge in [0.15, 0.2) is 0 Å². The number of ether oxygens (including phenoxy) is 1. The van der Waals surface area contributed by atoms with Gasteiger partial charge in [0.05, 0.1) is 17.2 Å². The number of aldehydes is 1. The number of carbonyl (C=O) groups excluding carboxylic acids is 1. The van der Waals surface area contributed by atoms with Crippen LogP contribution < -0.4 is 9.46 Å². The van der Waals surface area contributed by atoms with Gasteiger partial charge in [-0.15, -0.1) is 0 Å². The van der Waals surface area contributed by atoms with E-state index >= 15 is 0 Å². The Bertz CT molecular complexity index is 773. The molecule has 0 saturated carbocycles. The van der Waals surface area contributed by atoms with E-state index in [9.17, 15) is 17.6 Å². The molecule has 0 heterocycles. The van der Waals surface area contributed by atoms with Crippen molar-refractivity contribution in [1.82, 2.24) is 0 Å². The van der Waals surface area contributed by atoms with Gasteiger partial charge in [0.2, 0.25) is 0 Å². The van der Waals surface area contributed by atoms with Gasteiger partial charge in [0.1, 0.15) is 17.9 Å². The Morgan fingerprint density at radius 2 is 1.86 bits per heavy atom. The fourth-order valence-corrected chi connectivity index (χ4v) is 2.86. The number of hydrogen-bond acceptors (Lipinski definition) is 4. The van der Waals surface area contributed by atoms with E-state index in [0.29, 0.717) is 24.2 Å². The summed E-state index contributed by atoms with van der Waals surface area (Å²) in [4.78, 5) is 10.8. The lowest BCUT2D eigenvalue weighted by Gasteiger charge is -2.13. The largest absolute Gasteiger partial charge is 0.492 e. The van der Waals surface area contributed by atoms with Crippen LogP contribution in [0.4, 0.5) is 10.1 Å². The monoisotopic (exact) mass is 323 g/mol. The average Bonchev–Trinajstić information content (AvgIpc) is 2.49. The predicted molar refractivity (Wildman–Crippen MR) is 80.2 cm³/mol. The number of halogens is 1. The maximum absolute atomic E-state index is 12.9. The van der Waals surface area contributed by atoms with E-state index < -0.39 is 15.8 Å². The Morgan fingerprint density at radius 1 is 1.18 bits per heavy atom. The summed E-state index contributed by atoms with van der Waals surface area (Å²) in [6.07, 6.45) is 0.603. The molecule has 2 aromatic rings. The third-order valence-corrected chi connectivity index (χ3v) is 4.19. The molecule has 0 aromatic heterocycles. The number of carbonyl (C=O) groups is 1. The molecule has 0 radical (unpaired) electrons. The summed E-state index contributed by atoms with van der Waals surface area (Å²) in [5.41, 5.74) is 0.455. The number of hydrogen-bond donors (Lipinski definition) is 1. The zero-order valence-electron chi connectivity index (χ0n) is 11.7. The van der Waals surface area contributed by atoms with Crippen LogP contribution in [0, 0.1) is 5.82 Å². The van der Waals surface area contributed by atoms with Gasteiger partial charge < -0.3 is 4.74 Å². The predicted octanol–water partition coefficient (Wildman–Crippen LogP) is 2.84. The minimum atomic E-state index is -3.91. The zero-order chi connectivity index (χ0) is 16.2. The van der Waals surface area contributed by atoms with E-state index in [1.165, 1.54) is 18.2 Å². The van der Waals surface area contributed by atoms with Crippen molar-refractivity contribution in [1.29, 1.82) is 0 Å². The Hall–Kier alpha value is -2.41. The van der Waals surface area contributed by atoms with Gasteiger partial charge in [-0.1, -0.05) is 0 Å². The first-order valence-corrected chi connectivity index (χ1v) is 7.95. The standard InChI is InChI=1S/C15H14FNO4S/c1-2-21-15-8-3-11(10-18)9-14(15)17-22(19,20)13-6-4-12(16)5-7-13/h3-10,17H,2H2,1H3. The summed E-state index contributed by atoms with van der Waals surface area (Å²) in [7, 11) is -3.91. The van der Waals surface area contributed by atoms with E-state index in [1.54, 1.807) is 6.92 Å². The van der Waals surface area contributed by atoms with Crippen LogP contribution in [0.3, 0.4) is 0 Å². The summed E-state index contributed by atoms with van der Waals surface area (Å²) in [5, 5.41) is 0. The molecule has 0 fully saturated rings. The number of sulfonamides is 1. The van der Waals surface area contributed by atoms with Crippen LogP contribution in [0.5, 0.6) is 5.75 Å². The second kappa shape index (κ2) is 6.57. The molecule has 0 unspecified atom stereocenters. The summed E-state index contributed by atoms with van der Waals surface area (Å²) in [6, 6.07) is 8.82. The van der Waals surface area contributed by atoms with Crippen LogP contribution in [-0.2, 0) is 10.0 Å². The van der Waals surface area contributed by atoms with Crippen LogP contribution in [0.25, 0.3) is 0 Å². The Kier molecular flexibility index (Phi) is 4.77. The molecular weight excluding hydrogens is 309 g/mol. The second-order valence-corrected chi connectivity index (χ2v) is 6.05. The fraction of sp³-hybridized carbons (Fsp3) is 0.133. The van der Waals surface area contributed by atoms with Crippen molar-refractivity contribution >= 4 is 22.0 Å². The first-order chi connectivity index (χ1) is 10.5. The van der Waals surface area contributed by atoms with Gasteiger partial charge in [-0.3, -0.25) is 9.52 Å². The van der Waals surface area contributed by atoms with Crippen molar-refractivity contribution in [3.63, 3.8) is 0 Å². The summed E-state index contributed by atoms with van der Waals surface area (Å²) in [5.74, 6) is -0.226. The average molecular weight is 323 g/mol. The fourth-order valence-electron chi connectivity index (χ4n) is 1.80. The quantitative estimate of drug-likeness (QED) is 0.830. The SMILES string of the molecule is CCOc1ccc(C=O)cc1NS(=O)(=O)c1ccc(F)cc1. The van der Waals surface area contributed by atoms with Crippen molar-refractivity contribution in [2.24, 2.45) is 0 Å². The summed E-state index contributed by atoms with van der Waals surface area (Å²) >= 11 is 0. The van der Waals surface area contributed by atoms with E-state index in [0.717, 1.165) is 24.3 Å². The molecule has 0 atom stereocenters. The number of benzene rings is 2. The molecule has 2 rings (SSSR count). The van der Waals surface area contributed by atoms with Crippen LogP contribution >= 0.6 is 0 Å². The Balaban J connectivity index is 2.39. The van der Waals surface area contributed by atoms with Crippen molar-refractivity contribution < 1.29 is 22.3 Å². The molecule has 5 nitrogen and oxygen atoms in total. The maximum Gasteiger partial charge on any atom is 0.262 e. The highest BCUT2D eigenvalue weighted by molar-refractivity contribution is 7.92. The highest BCUT2D eigenvalue weighted by Gasteiger charge is 2.17. The lowest BCUT2D eigenvalue weighted by atomic mass is 10.2. The van der Waals surface area contributed by atoms with Gasteiger partial charge in [0.25, 0.3) is 10.0 Å². The van der Waals surface area contributed by atoms with Crippen molar-refractivity contribution in [3.8, 4) is 5.75 Å². The third-order valence-electron chi connectivity index (χ3n) is 2.81. The summed E-state index contributed by atoms with van der Waals surface area (Å²) in [6.45, 7) is 2.09. The molecule has 0 amide bonds. The molecule has 1 N–H and O–H groups in total. The maximum atomic E-state index is 12.9. The van der Waals surface area contributed by atoms with Gasteiger partial charge in [-0.25, -0.2) is 12.8 Å². The molecule has 0 spiro atoms. The van der Waals surface area contributed by atoms with Crippen LogP contribution in [-0.4, -0.2) is 21.3 Å². The molecule has 0 aliphatic heterocycles. The third kappa shape index (κ3) is 3.62. The molecule has 116 valence electrons. The highest BCUT2D eigenvalue weighted by Crippen LogP contribution is 2.28. The number of nitrogens with one attached hydrogen (secondary N) is 1. The van der Waals surface area contributed by atoms with E-state index in [1.807, 2.05) is 0 Å². The molecule has 0 aliphatic carbocycles. The lowest BCUT2D eigenvalue weighted by Crippen LogP contribution is -2.14. The van der Waals surface area contributed by atoms with Gasteiger partial charge in [0, 0.05) is 5.56 Å². The van der Waals surface area contributed by atoms with Crippen LogP contribution in [0.15, 0.2) is 47.4 Å². The molecule has 0 bridgehead atoms. The normalized spacial score (nSPS) is 11.0. The minimum absolute atomic E-state index is 0.0899. The van der Waals surface area contributed by atoms with Crippen molar-refractivity contribution in [3.05, 3.63) is 53.8 Å². The smallest absolute Gasteiger partial charge is 0.262 e. The first-order valence-electron chi connectivity index (χ1n) is 6.46. The Morgan fingerprint density at radius 3 is 2.45 bits per heavy atom. The summed E-state index contributed by atoms with van der Waals surface area (Å²) < 4.78 is 45.2. The molecule has 22 heavy (non-hydrogen) atoms. The minimum Gasteiger partial charge on any atom is -0.492 e. The highest BCUT2D eigenvalue weighted by atomic mass is 32.2. The zero-order valence-corrected chi connectivity index (χ0v) is 12.6. The van der Waals surface area contributed by atoms with Crippen molar-refractivity contribution in [2.75, 3.05) is 11.3 Å². The second-order valence-electron chi connectivity index (χ2n) is 4.37. The van der Waals surface area contributed by atoms with E-state index in [4.69, 9.17) is 4.74 Å². The van der Waals surface area contributed by atoms with Gasteiger partial charge in [-0.2, -0.15) is 0 Å². The van der Waals surface area contributed by atoms with Crippen molar-refractivity contribution in [2.45, 2.75) is 11.8 Å². The van der Waals surface area contributed by atoms with Crippen LogP contribution in [0.2, 0.25) is 0 Å². The Labute approximate surface area is 127 Å². The number of anilines is 1. The van der Waals surface area contributed by atoms with Gasteiger partial charge >= 0.3 is 0 Å². The van der Waals surface area contributed by atoms with E-state index in [2.05, 4.69) is 4.72 Å². The van der Waals surface area contributed by atoms with E-state index in [-0.39, 0.29) is 10.6 Å².